The quantitative estimate of drug-likeness (QED) is 0.832. The zero-order chi connectivity index (χ0) is 15.1. The number of hydrogen-bond acceptors (Lipinski definition) is 4. The number of amides is 1. The lowest BCUT2D eigenvalue weighted by molar-refractivity contribution is 0.0799. The molecule has 0 saturated carbocycles. The Hall–Kier alpha value is -1.75. The SMILES string of the molecule is CCOC(=O)N1CCN(CCc2ccccc2OC)CC1. The molecule has 116 valence electrons. The van der Waals surface area contributed by atoms with E-state index in [1.165, 1.54) is 5.56 Å². The van der Waals surface area contributed by atoms with E-state index < -0.39 is 0 Å². The van der Waals surface area contributed by atoms with Gasteiger partial charge in [0, 0.05) is 32.7 Å². The highest BCUT2D eigenvalue weighted by Crippen LogP contribution is 2.18. The van der Waals surface area contributed by atoms with E-state index in [0.717, 1.165) is 44.9 Å². The molecule has 5 nitrogen and oxygen atoms in total. The summed E-state index contributed by atoms with van der Waals surface area (Å²) >= 11 is 0. The third-order valence-electron chi connectivity index (χ3n) is 3.79. The maximum atomic E-state index is 11.6. The minimum absolute atomic E-state index is 0.193. The Morgan fingerprint density at radius 2 is 1.90 bits per heavy atom. The van der Waals surface area contributed by atoms with Gasteiger partial charge in [-0.15, -0.1) is 0 Å². The number of methoxy groups -OCH3 is 1. The van der Waals surface area contributed by atoms with E-state index in [4.69, 9.17) is 9.47 Å². The Morgan fingerprint density at radius 3 is 2.57 bits per heavy atom. The first-order chi connectivity index (χ1) is 10.2. The fourth-order valence-electron chi connectivity index (χ4n) is 2.56. The summed E-state index contributed by atoms with van der Waals surface area (Å²) in [6.07, 6.45) is 0.769. The number of rotatable bonds is 5. The molecule has 1 fully saturated rings. The summed E-state index contributed by atoms with van der Waals surface area (Å²) in [5.41, 5.74) is 1.23. The molecule has 1 aromatic carbocycles. The van der Waals surface area contributed by atoms with Crippen LogP contribution in [0.5, 0.6) is 5.75 Å². The normalized spacial score (nSPS) is 15.8. The minimum atomic E-state index is -0.193. The number of ether oxygens (including phenoxy) is 2. The Balaban J connectivity index is 1.77. The smallest absolute Gasteiger partial charge is 0.409 e. The van der Waals surface area contributed by atoms with Crippen molar-refractivity contribution in [2.24, 2.45) is 0 Å². The van der Waals surface area contributed by atoms with Crippen molar-refractivity contribution in [1.82, 2.24) is 9.80 Å². The van der Waals surface area contributed by atoms with Crippen LogP contribution in [0, 0.1) is 0 Å². The van der Waals surface area contributed by atoms with Gasteiger partial charge in [-0.1, -0.05) is 18.2 Å². The molecule has 0 aliphatic carbocycles. The first-order valence-electron chi connectivity index (χ1n) is 7.50. The van der Waals surface area contributed by atoms with Crippen molar-refractivity contribution in [3.8, 4) is 5.75 Å². The van der Waals surface area contributed by atoms with E-state index in [0.29, 0.717) is 6.61 Å². The van der Waals surface area contributed by atoms with Crippen LogP contribution < -0.4 is 4.74 Å². The second kappa shape index (κ2) is 7.88. The molecular weight excluding hydrogens is 268 g/mol. The first-order valence-corrected chi connectivity index (χ1v) is 7.50. The first kappa shape index (κ1) is 15.6. The van der Waals surface area contributed by atoms with E-state index in [9.17, 15) is 4.79 Å². The van der Waals surface area contributed by atoms with Crippen LogP contribution in [-0.4, -0.2) is 62.3 Å². The fourth-order valence-corrected chi connectivity index (χ4v) is 2.56. The van der Waals surface area contributed by atoms with Crippen LogP contribution in [0.3, 0.4) is 0 Å². The predicted octanol–water partition coefficient (Wildman–Crippen LogP) is 2.01. The van der Waals surface area contributed by atoms with Gasteiger partial charge in [0.2, 0.25) is 0 Å². The van der Waals surface area contributed by atoms with Crippen LogP contribution in [0.4, 0.5) is 4.79 Å². The molecule has 1 saturated heterocycles. The van der Waals surface area contributed by atoms with Gasteiger partial charge in [-0.05, 0) is 25.0 Å². The van der Waals surface area contributed by atoms with Gasteiger partial charge in [0.1, 0.15) is 5.75 Å². The van der Waals surface area contributed by atoms with Crippen molar-refractivity contribution in [2.75, 3.05) is 46.4 Å². The topological polar surface area (TPSA) is 42.0 Å². The fraction of sp³-hybridized carbons (Fsp3) is 0.562. The van der Waals surface area contributed by atoms with Crippen LogP contribution >= 0.6 is 0 Å². The van der Waals surface area contributed by atoms with Crippen LogP contribution in [0.1, 0.15) is 12.5 Å². The van der Waals surface area contributed by atoms with Crippen molar-refractivity contribution < 1.29 is 14.3 Å². The van der Waals surface area contributed by atoms with Crippen molar-refractivity contribution in [3.63, 3.8) is 0 Å². The zero-order valence-corrected chi connectivity index (χ0v) is 12.9. The number of piperazine rings is 1. The molecule has 2 rings (SSSR count). The maximum absolute atomic E-state index is 11.6. The molecule has 1 aliphatic rings. The summed E-state index contributed by atoms with van der Waals surface area (Å²) in [6, 6.07) is 8.12. The van der Waals surface area contributed by atoms with Crippen LogP contribution in [0.15, 0.2) is 24.3 Å². The second-order valence-corrected chi connectivity index (χ2v) is 5.09. The summed E-state index contributed by atoms with van der Waals surface area (Å²) in [7, 11) is 1.71. The van der Waals surface area contributed by atoms with Crippen LogP contribution in [0.25, 0.3) is 0 Å². The molecule has 0 aromatic heterocycles. The van der Waals surface area contributed by atoms with E-state index in [2.05, 4.69) is 11.0 Å². The Bertz CT molecular complexity index is 457. The third kappa shape index (κ3) is 4.36. The van der Waals surface area contributed by atoms with Crippen LogP contribution in [0.2, 0.25) is 0 Å². The highest BCUT2D eigenvalue weighted by atomic mass is 16.6. The van der Waals surface area contributed by atoms with Gasteiger partial charge in [0.25, 0.3) is 0 Å². The summed E-state index contributed by atoms with van der Waals surface area (Å²) in [4.78, 5) is 15.8. The largest absolute Gasteiger partial charge is 0.496 e. The number of benzene rings is 1. The third-order valence-corrected chi connectivity index (χ3v) is 3.79. The standard InChI is InChI=1S/C16H24N2O3/c1-3-21-16(19)18-12-10-17(11-13-18)9-8-14-6-4-5-7-15(14)20-2/h4-7H,3,8-13H2,1-2H3. The van der Waals surface area contributed by atoms with Crippen molar-refractivity contribution >= 4 is 6.09 Å². The highest BCUT2D eigenvalue weighted by molar-refractivity contribution is 5.67. The second-order valence-electron chi connectivity index (χ2n) is 5.09. The number of nitrogens with zero attached hydrogens (tertiary/aromatic N) is 2. The number of para-hydroxylation sites is 1. The molecule has 0 bridgehead atoms. The van der Waals surface area contributed by atoms with E-state index >= 15 is 0 Å². The lowest BCUT2D eigenvalue weighted by atomic mass is 10.1. The predicted molar refractivity (Wildman–Crippen MR) is 81.7 cm³/mol. The average molecular weight is 292 g/mol. The van der Waals surface area contributed by atoms with Crippen molar-refractivity contribution in [3.05, 3.63) is 29.8 Å². The molecule has 0 radical (unpaired) electrons. The van der Waals surface area contributed by atoms with Gasteiger partial charge in [0.15, 0.2) is 0 Å². The average Bonchev–Trinajstić information content (AvgIpc) is 2.54. The summed E-state index contributed by atoms with van der Waals surface area (Å²) in [6.45, 7) is 6.53. The molecule has 1 aliphatic heterocycles. The molecule has 1 heterocycles. The molecule has 21 heavy (non-hydrogen) atoms. The zero-order valence-electron chi connectivity index (χ0n) is 12.9. The summed E-state index contributed by atoms with van der Waals surface area (Å²) in [5, 5.41) is 0. The molecule has 0 unspecified atom stereocenters. The van der Waals surface area contributed by atoms with Crippen molar-refractivity contribution in [1.29, 1.82) is 0 Å². The number of carbonyl (C=O) groups excluding carboxylic acids is 1. The molecular formula is C16H24N2O3. The molecule has 0 N–H and O–H groups in total. The Morgan fingerprint density at radius 1 is 1.19 bits per heavy atom. The van der Waals surface area contributed by atoms with Gasteiger partial charge >= 0.3 is 6.09 Å². The van der Waals surface area contributed by atoms with Gasteiger partial charge in [-0.2, -0.15) is 0 Å². The van der Waals surface area contributed by atoms with Gasteiger partial charge in [0.05, 0.1) is 13.7 Å². The molecule has 5 heteroatoms. The lowest BCUT2D eigenvalue weighted by Gasteiger charge is -2.34. The maximum Gasteiger partial charge on any atom is 0.409 e. The lowest BCUT2D eigenvalue weighted by Crippen LogP contribution is -2.49. The highest BCUT2D eigenvalue weighted by Gasteiger charge is 2.21. The summed E-state index contributed by atoms with van der Waals surface area (Å²) in [5.74, 6) is 0.947. The van der Waals surface area contributed by atoms with E-state index in [-0.39, 0.29) is 6.09 Å². The monoisotopic (exact) mass is 292 g/mol. The van der Waals surface area contributed by atoms with Gasteiger partial charge in [-0.3, -0.25) is 4.90 Å². The Kier molecular flexibility index (Phi) is 5.87. The molecule has 1 aromatic rings. The van der Waals surface area contributed by atoms with Gasteiger partial charge < -0.3 is 14.4 Å². The van der Waals surface area contributed by atoms with Gasteiger partial charge in [-0.25, -0.2) is 4.79 Å². The molecule has 0 atom stereocenters. The van der Waals surface area contributed by atoms with Crippen molar-refractivity contribution in [2.45, 2.75) is 13.3 Å². The minimum Gasteiger partial charge on any atom is -0.496 e. The molecule has 0 spiro atoms. The van der Waals surface area contributed by atoms with Crippen LogP contribution in [-0.2, 0) is 11.2 Å². The molecule has 1 amide bonds. The Labute approximate surface area is 126 Å². The summed E-state index contributed by atoms with van der Waals surface area (Å²) < 4.78 is 10.4. The number of carbonyl (C=O) groups is 1. The van der Waals surface area contributed by atoms with E-state index in [1.54, 1.807) is 12.0 Å². The van der Waals surface area contributed by atoms with E-state index in [1.807, 2.05) is 25.1 Å². The number of hydrogen-bond donors (Lipinski definition) is 0.